The highest BCUT2D eigenvalue weighted by molar-refractivity contribution is 5.95. The summed E-state index contributed by atoms with van der Waals surface area (Å²) in [5.74, 6) is 0.146. The lowest BCUT2D eigenvalue weighted by molar-refractivity contribution is 0.0942. The van der Waals surface area contributed by atoms with Crippen molar-refractivity contribution in [2.24, 2.45) is 5.92 Å². The van der Waals surface area contributed by atoms with E-state index in [1.165, 1.54) is 0 Å². The van der Waals surface area contributed by atoms with Crippen molar-refractivity contribution in [3.8, 4) is 11.8 Å². The maximum absolute atomic E-state index is 12.4. The maximum Gasteiger partial charge on any atom is 0.269 e. The Morgan fingerprint density at radius 1 is 1.29 bits per heavy atom. The molecule has 2 aromatic rings. The van der Waals surface area contributed by atoms with Gasteiger partial charge in [-0.25, -0.2) is 0 Å². The monoisotopic (exact) mass is 281 g/mol. The molecule has 1 N–H and O–H groups in total. The zero-order valence-corrected chi connectivity index (χ0v) is 12.6. The van der Waals surface area contributed by atoms with E-state index >= 15 is 0 Å². The van der Waals surface area contributed by atoms with Gasteiger partial charge in [0.2, 0.25) is 0 Å². The Labute approximate surface area is 125 Å². The van der Waals surface area contributed by atoms with Crippen LogP contribution in [0.5, 0.6) is 0 Å². The second-order valence-corrected chi connectivity index (χ2v) is 5.50. The van der Waals surface area contributed by atoms with Crippen molar-refractivity contribution < 1.29 is 4.79 Å². The van der Waals surface area contributed by atoms with Gasteiger partial charge in [-0.05, 0) is 31.0 Å². The van der Waals surface area contributed by atoms with Gasteiger partial charge in [-0.15, -0.1) is 0 Å². The highest BCUT2D eigenvalue weighted by Gasteiger charge is 2.18. The molecule has 0 aliphatic carbocycles. The first kappa shape index (κ1) is 14.9. The maximum atomic E-state index is 12.4. The van der Waals surface area contributed by atoms with E-state index < -0.39 is 0 Å². The standard InChI is InChI=1S/C17H19N3O/c1-12(2)11-19-17(21)16-14(10-18)8-9-20(16)15-6-4-13(3)5-7-15/h4-9,12H,11H2,1-3H3,(H,19,21). The van der Waals surface area contributed by atoms with Gasteiger partial charge in [0.25, 0.3) is 5.91 Å². The van der Waals surface area contributed by atoms with Crippen LogP contribution in [0.25, 0.3) is 5.69 Å². The Hall–Kier alpha value is -2.54. The van der Waals surface area contributed by atoms with Crippen molar-refractivity contribution in [3.05, 3.63) is 53.3 Å². The summed E-state index contributed by atoms with van der Waals surface area (Å²) in [7, 11) is 0. The molecule has 0 saturated heterocycles. The molecule has 0 saturated carbocycles. The van der Waals surface area contributed by atoms with Crippen LogP contribution in [-0.4, -0.2) is 17.0 Å². The Kier molecular flexibility index (Phi) is 4.44. The fraction of sp³-hybridized carbons (Fsp3) is 0.294. The number of rotatable bonds is 4. The molecular formula is C17H19N3O. The van der Waals surface area contributed by atoms with Crippen molar-refractivity contribution in [1.82, 2.24) is 9.88 Å². The second kappa shape index (κ2) is 6.27. The van der Waals surface area contributed by atoms with E-state index in [4.69, 9.17) is 0 Å². The molecule has 4 nitrogen and oxygen atoms in total. The van der Waals surface area contributed by atoms with Gasteiger partial charge in [-0.1, -0.05) is 31.5 Å². The molecule has 0 aliphatic heterocycles. The van der Waals surface area contributed by atoms with Crippen molar-refractivity contribution in [3.63, 3.8) is 0 Å². The zero-order valence-electron chi connectivity index (χ0n) is 12.6. The van der Waals surface area contributed by atoms with Crippen LogP contribution in [-0.2, 0) is 0 Å². The molecule has 1 aromatic heterocycles. The smallest absolute Gasteiger partial charge is 0.269 e. The van der Waals surface area contributed by atoms with E-state index in [1.54, 1.807) is 16.8 Å². The van der Waals surface area contributed by atoms with Crippen LogP contribution in [0.3, 0.4) is 0 Å². The van der Waals surface area contributed by atoms with Gasteiger partial charge in [0, 0.05) is 18.4 Å². The summed E-state index contributed by atoms with van der Waals surface area (Å²) in [5, 5.41) is 12.1. The minimum absolute atomic E-state index is 0.217. The van der Waals surface area contributed by atoms with Crippen LogP contribution in [0, 0.1) is 24.2 Å². The van der Waals surface area contributed by atoms with E-state index in [9.17, 15) is 10.1 Å². The number of hydrogen-bond acceptors (Lipinski definition) is 2. The molecule has 0 unspecified atom stereocenters. The van der Waals surface area contributed by atoms with Crippen molar-refractivity contribution in [1.29, 1.82) is 5.26 Å². The molecule has 1 heterocycles. The highest BCUT2D eigenvalue weighted by Crippen LogP contribution is 2.17. The Bertz CT molecular complexity index is 675. The van der Waals surface area contributed by atoms with Gasteiger partial charge < -0.3 is 9.88 Å². The molecule has 0 spiro atoms. The lowest BCUT2D eigenvalue weighted by Gasteiger charge is -2.12. The zero-order chi connectivity index (χ0) is 15.4. The molecule has 1 amide bonds. The van der Waals surface area contributed by atoms with E-state index in [-0.39, 0.29) is 5.91 Å². The lowest BCUT2D eigenvalue weighted by Crippen LogP contribution is -2.29. The number of aryl methyl sites for hydroxylation is 1. The largest absolute Gasteiger partial charge is 0.350 e. The van der Waals surface area contributed by atoms with Crippen LogP contribution < -0.4 is 5.32 Å². The average Bonchev–Trinajstić information content (AvgIpc) is 2.89. The minimum Gasteiger partial charge on any atom is -0.350 e. The van der Waals surface area contributed by atoms with Gasteiger partial charge in [0.1, 0.15) is 11.8 Å². The van der Waals surface area contributed by atoms with Gasteiger partial charge in [-0.3, -0.25) is 4.79 Å². The molecule has 0 atom stereocenters. The van der Waals surface area contributed by atoms with Gasteiger partial charge in [-0.2, -0.15) is 5.26 Å². The fourth-order valence-corrected chi connectivity index (χ4v) is 2.06. The number of nitriles is 1. The van der Waals surface area contributed by atoms with Gasteiger partial charge in [0.05, 0.1) is 5.56 Å². The molecule has 108 valence electrons. The van der Waals surface area contributed by atoms with E-state index in [0.29, 0.717) is 23.7 Å². The second-order valence-electron chi connectivity index (χ2n) is 5.50. The SMILES string of the molecule is Cc1ccc(-n2ccc(C#N)c2C(=O)NCC(C)C)cc1. The topological polar surface area (TPSA) is 57.8 Å². The molecule has 0 radical (unpaired) electrons. The highest BCUT2D eigenvalue weighted by atomic mass is 16.1. The first-order valence-corrected chi connectivity index (χ1v) is 6.99. The minimum atomic E-state index is -0.217. The molecule has 21 heavy (non-hydrogen) atoms. The first-order chi connectivity index (χ1) is 10.0. The molecule has 0 aliphatic rings. The number of aromatic nitrogens is 1. The first-order valence-electron chi connectivity index (χ1n) is 6.99. The summed E-state index contributed by atoms with van der Waals surface area (Å²) in [5.41, 5.74) is 2.80. The van der Waals surface area contributed by atoms with Crippen LogP contribution in [0.1, 0.15) is 35.5 Å². The Morgan fingerprint density at radius 3 is 2.52 bits per heavy atom. The predicted molar refractivity (Wildman–Crippen MR) is 82.4 cm³/mol. The molecule has 0 fully saturated rings. The summed E-state index contributed by atoms with van der Waals surface area (Å²) < 4.78 is 1.76. The van der Waals surface area contributed by atoms with Crippen LogP contribution in [0.2, 0.25) is 0 Å². The third kappa shape index (κ3) is 3.32. The molecule has 2 rings (SSSR count). The summed E-state index contributed by atoms with van der Waals surface area (Å²) in [6.07, 6.45) is 1.76. The normalized spacial score (nSPS) is 10.4. The number of benzene rings is 1. The summed E-state index contributed by atoms with van der Waals surface area (Å²) in [6.45, 7) is 6.66. The summed E-state index contributed by atoms with van der Waals surface area (Å²) in [4.78, 5) is 12.4. The van der Waals surface area contributed by atoms with Crippen LogP contribution in [0.15, 0.2) is 36.5 Å². The van der Waals surface area contributed by atoms with Crippen LogP contribution in [0.4, 0.5) is 0 Å². The van der Waals surface area contributed by atoms with E-state index in [0.717, 1.165) is 11.3 Å². The number of nitrogens with zero attached hydrogens (tertiary/aromatic N) is 2. The molecular weight excluding hydrogens is 262 g/mol. The fourth-order valence-electron chi connectivity index (χ4n) is 2.06. The van der Waals surface area contributed by atoms with Crippen molar-refractivity contribution in [2.45, 2.75) is 20.8 Å². The number of amides is 1. The molecule has 0 bridgehead atoms. The predicted octanol–water partition coefficient (Wildman–Crippen LogP) is 3.04. The number of nitrogens with one attached hydrogen (secondary N) is 1. The van der Waals surface area contributed by atoms with Crippen molar-refractivity contribution >= 4 is 5.91 Å². The molecule has 1 aromatic carbocycles. The summed E-state index contributed by atoms with van der Waals surface area (Å²) in [6, 6.07) is 11.6. The van der Waals surface area contributed by atoms with Crippen molar-refractivity contribution in [2.75, 3.05) is 6.54 Å². The Morgan fingerprint density at radius 2 is 1.95 bits per heavy atom. The van der Waals surface area contributed by atoms with Gasteiger partial charge >= 0.3 is 0 Å². The third-order valence-corrected chi connectivity index (χ3v) is 3.20. The Balaban J connectivity index is 2.39. The van der Waals surface area contributed by atoms with Crippen LogP contribution >= 0.6 is 0 Å². The average molecular weight is 281 g/mol. The third-order valence-electron chi connectivity index (χ3n) is 3.20. The number of carbonyl (C=O) groups is 1. The quantitative estimate of drug-likeness (QED) is 0.936. The van der Waals surface area contributed by atoms with Gasteiger partial charge in [0.15, 0.2) is 0 Å². The van der Waals surface area contributed by atoms with E-state index in [1.807, 2.05) is 45.0 Å². The van der Waals surface area contributed by atoms with E-state index in [2.05, 4.69) is 11.4 Å². The number of hydrogen-bond donors (Lipinski definition) is 1. The lowest BCUT2D eigenvalue weighted by atomic mass is 10.2. The number of carbonyl (C=O) groups excluding carboxylic acids is 1. The molecule has 4 heteroatoms. The summed E-state index contributed by atoms with van der Waals surface area (Å²) >= 11 is 0.